The predicted octanol–water partition coefficient (Wildman–Crippen LogP) is 0.265. The van der Waals surface area contributed by atoms with Gasteiger partial charge >= 0.3 is 0 Å². The molecule has 0 bridgehead atoms. The average Bonchev–Trinajstić information content (AvgIpc) is 2.03. The number of hydrogen-bond acceptors (Lipinski definition) is 3. The molecule has 0 unspecified atom stereocenters. The number of aryl methyl sites for hydroxylation is 1. The van der Waals surface area contributed by atoms with Crippen LogP contribution < -0.4 is 11.5 Å². The molecule has 1 aromatic rings. The van der Waals surface area contributed by atoms with Gasteiger partial charge < -0.3 is 11.5 Å². The highest BCUT2D eigenvalue weighted by Gasteiger charge is 2.08. The number of nitrogens with zero attached hydrogens (tertiary/aromatic N) is 1. The summed E-state index contributed by atoms with van der Waals surface area (Å²) in [5.74, 6) is -0.387. The quantitative estimate of drug-likeness (QED) is 0.698. The topological polar surface area (TPSA) is 82.0 Å². The van der Waals surface area contributed by atoms with Gasteiger partial charge in [0.25, 0.3) is 0 Å². The molecule has 1 atom stereocenters. The standard InChI is InChI=1S/C9H13N3O/c1-6-4-7(2-3-12-6)8(10)5-9(11)13/h2-4,8H,5,10H2,1H3,(H2,11,13)/t8-/m0/s1. The molecule has 4 heteroatoms. The number of amides is 1. The molecule has 0 radical (unpaired) electrons. The molecule has 1 amide bonds. The second-order valence-electron chi connectivity index (χ2n) is 3.01. The number of carbonyl (C=O) groups is 1. The predicted molar refractivity (Wildman–Crippen MR) is 49.7 cm³/mol. The van der Waals surface area contributed by atoms with Gasteiger partial charge in [0, 0.05) is 24.4 Å². The van der Waals surface area contributed by atoms with Crippen molar-refractivity contribution in [2.24, 2.45) is 11.5 Å². The molecule has 4 nitrogen and oxygen atoms in total. The Morgan fingerprint density at radius 1 is 1.69 bits per heavy atom. The molecule has 1 aromatic heterocycles. The summed E-state index contributed by atoms with van der Waals surface area (Å²) in [6.45, 7) is 1.88. The molecule has 0 spiro atoms. The Kier molecular flexibility index (Phi) is 2.97. The molecule has 0 saturated carbocycles. The number of pyridine rings is 1. The third kappa shape index (κ3) is 2.83. The first-order valence-electron chi connectivity index (χ1n) is 4.06. The second-order valence-corrected chi connectivity index (χ2v) is 3.01. The van der Waals surface area contributed by atoms with Crippen molar-refractivity contribution < 1.29 is 4.79 Å². The monoisotopic (exact) mass is 179 g/mol. The van der Waals surface area contributed by atoms with Crippen LogP contribution in [0.1, 0.15) is 23.7 Å². The van der Waals surface area contributed by atoms with Crippen molar-refractivity contribution in [3.63, 3.8) is 0 Å². The highest BCUT2D eigenvalue weighted by Crippen LogP contribution is 2.13. The van der Waals surface area contributed by atoms with Gasteiger partial charge in [0.1, 0.15) is 0 Å². The van der Waals surface area contributed by atoms with Crippen molar-refractivity contribution >= 4 is 5.91 Å². The maximum Gasteiger partial charge on any atom is 0.219 e. The van der Waals surface area contributed by atoms with E-state index in [1.54, 1.807) is 12.3 Å². The Labute approximate surface area is 77.0 Å². The lowest BCUT2D eigenvalue weighted by molar-refractivity contribution is -0.118. The Hall–Kier alpha value is -1.42. The van der Waals surface area contributed by atoms with Crippen LogP contribution >= 0.6 is 0 Å². The molecule has 0 aliphatic heterocycles. The maximum atomic E-state index is 10.6. The smallest absolute Gasteiger partial charge is 0.219 e. The zero-order chi connectivity index (χ0) is 9.84. The lowest BCUT2D eigenvalue weighted by Crippen LogP contribution is -2.20. The van der Waals surface area contributed by atoms with Crippen LogP contribution in [0.5, 0.6) is 0 Å². The molecule has 0 aliphatic rings. The maximum absolute atomic E-state index is 10.6. The lowest BCUT2D eigenvalue weighted by Gasteiger charge is -2.09. The van der Waals surface area contributed by atoms with Gasteiger partial charge in [0.15, 0.2) is 0 Å². The minimum atomic E-state index is -0.387. The molecular weight excluding hydrogens is 166 g/mol. The van der Waals surface area contributed by atoms with Crippen molar-refractivity contribution in [2.75, 3.05) is 0 Å². The van der Waals surface area contributed by atoms with Crippen LogP contribution in [0.4, 0.5) is 0 Å². The molecule has 0 saturated heterocycles. The van der Waals surface area contributed by atoms with E-state index < -0.39 is 0 Å². The van der Waals surface area contributed by atoms with Gasteiger partial charge in [-0.1, -0.05) is 0 Å². The summed E-state index contributed by atoms with van der Waals surface area (Å²) in [6.07, 6.45) is 1.84. The third-order valence-corrected chi connectivity index (χ3v) is 1.77. The van der Waals surface area contributed by atoms with Crippen molar-refractivity contribution in [1.29, 1.82) is 0 Å². The fourth-order valence-electron chi connectivity index (χ4n) is 1.13. The van der Waals surface area contributed by atoms with Crippen LogP contribution in [-0.4, -0.2) is 10.9 Å². The molecule has 13 heavy (non-hydrogen) atoms. The minimum absolute atomic E-state index is 0.170. The molecule has 70 valence electrons. The van der Waals surface area contributed by atoms with Gasteiger partial charge in [-0.15, -0.1) is 0 Å². The van der Waals surface area contributed by atoms with E-state index in [4.69, 9.17) is 11.5 Å². The summed E-state index contributed by atoms with van der Waals surface area (Å²) in [6, 6.07) is 3.33. The number of aromatic nitrogens is 1. The zero-order valence-electron chi connectivity index (χ0n) is 7.53. The average molecular weight is 179 g/mol. The summed E-state index contributed by atoms with van der Waals surface area (Å²) in [7, 11) is 0. The number of carbonyl (C=O) groups excluding carboxylic acids is 1. The van der Waals surface area contributed by atoms with Gasteiger partial charge in [-0.25, -0.2) is 0 Å². The summed E-state index contributed by atoms with van der Waals surface area (Å²) >= 11 is 0. The normalized spacial score (nSPS) is 12.5. The van der Waals surface area contributed by atoms with E-state index in [9.17, 15) is 4.79 Å². The SMILES string of the molecule is Cc1cc([C@@H](N)CC(N)=O)ccn1. The summed E-state index contributed by atoms with van der Waals surface area (Å²) in [4.78, 5) is 14.6. The fraction of sp³-hybridized carbons (Fsp3) is 0.333. The largest absolute Gasteiger partial charge is 0.370 e. The Morgan fingerprint density at radius 2 is 2.38 bits per heavy atom. The van der Waals surface area contributed by atoms with Crippen LogP contribution in [-0.2, 0) is 4.79 Å². The third-order valence-electron chi connectivity index (χ3n) is 1.77. The van der Waals surface area contributed by atoms with E-state index in [0.29, 0.717) is 0 Å². The van der Waals surface area contributed by atoms with E-state index in [2.05, 4.69) is 4.98 Å². The first kappa shape index (κ1) is 9.67. The van der Waals surface area contributed by atoms with Crippen LogP contribution in [0.2, 0.25) is 0 Å². The van der Waals surface area contributed by atoms with E-state index in [1.807, 2.05) is 13.0 Å². The van der Waals surface area contributed by atoms with Crippen LogP contribution in [0, 0.1) is 6.92 Å². The first-order valence-corrected chi connectivity index (χ1v) is 4.06. The van der Waals surface area contributed by atoms with Crippen LogP contribution in [0.25, 0.3) is 0 Å². The van der Waals surface area contributed by atoms with E-state index in [-0.39, 0.29) is 18.4 Å². The highest BCUT2D eigenvalue weighted by atomic mass is 16.1. The molecule has 1 rings (SSSR count). The molecule has 0 fully saturated rings. The van der Waals surface area contributed by atoms with E-state index >= 15 is 0 Å². The molecular formula is C9H13N3O. The summed E-state index contributed by atoms with van der Waals surface area (Å²) in [5.41, 5.74) is 12.6. The second kappa shape index (κ2) is 4.00. The number of nitrogens with two attached hydrogens (primary N) is 2. The highest BCUT2D eigenvalue weighted by molar-refractivity contribution is 5.74. The molecule has 0 aliphatic carbocycles. The van der Waals surface area contributed by atoms with Crippen molar-refractivity contribution in [1.82, 2.24) is 4.98 Å². The Balaban J connectivity index is 2.76. The molecule has 1 heterocycles. The van der Waals surface area contributed by atoms with Crippen molar-refractivity contribution in [3.05, 3.63) is 29.6 Å². The Bertz CT molecular complexity index is 311. The van der Waals surface area contributed by atoms with Crippen LogP contribution in [0.3, 0.4) is 0 Å². The Morgan fingerprint density at radius 3 is 2.92 bits per heavy atom. The van der Waals surface area contributed by atoms with Gasteiger partial charge in [-0.05, 0) is 24.6 Å². The summed E-state index contributed by atoms with van der Waals surface area (Å²) < 4.78 is 0. The summed E-state index contributed by atoms with van der Waals surface area (Å²) in [5, 5.41) is 0. The van der Waals surface area contributed by atoms with Gasteiger partial charge in [-0.3, -0.25) is 9.78 Å². The number of rotatable bonds is 3. The lowest BCUT2D eigenvalue weighted by atomic mass is 10.1. The van der Waals surface area contributed by atoms with Crippen molar-refractivity contribution in [2.45, 2.75) is 19.4 Å². The number of primary amides is 1. The van der Waals surface area contributed by atoms with E-state index in [1.165, 1.54) is 0 Å². The fourth-order valence-corrected chi connectivity index (χ4v) is 1.13. The molecule has 4 N–H and O–H groups in total. The molecule has 0 aromatic carbocycles. The minimum Gasteiger partial charge on any atom is -0.370 e. The van der Waals surface area contributed by atoms with E-state index in [0.717, 1.165) is 11.3 Å². The first-order chi connectivity index (χ1) is 6.09. The van der Waals surface area contributed by atoms with Crippen LogP contribution in [0.15, 0.2) is 18.3 Å². The van der Waals surface area contributed by atoms with Gasteiger partial charge in [0.05, 0.1) is 0 Å². The zero-order valence-corrected chi connectivity index (χ0v) is 7.53. The van der Waals surface area contributed by atoms with Gasteiger partial charge in [-0.2, -0.15) is 0 Å². The van der Waals surface area contributed by atoms with Crippen molar-refractivity contribution in [3.8, 4) is 0 Å². The number of hydrogen-bond donors (Lipinski definition) is 2. The van der Waals surface area contributed by atoms with Gasteiger partial charge in [0.2, 0.25) is 5.91 Å².